The molecule has 0 aliphatic carbocycles. The second kappa shape index (κ2) is 4.76. The molecule has 0 saturated carbocycles. The van der Waals surface area contributed by atoms with E-state index in [1.54, 1.807) is 20.1 Å². The Bertz CT molecular complexity index is 666. The number of pyridine rings is 1. The van der Waals surface area contributed by atoms with Crippen molar-refractivity contribution in [3.63, 3.8) is 0 Å². The number of aromatic nitrogens is 1. The summed E-state index contributed by atoms with van der Waals surface area (Å²) in [5.41, 5.74) is 8.36. The Kier molecular flexibility index (Phi) is 3.29. The van der Waals surface area contributed by atoms with Crippen LogP contribution in [0.1, 0.15) is 28.5 Å². The number of fused-ring (bicyclic) bond motifs is 1. The maximum atomic E-state index is 11.3. The fraction of sp³-hybridized carbons (Fsp3) is 0.286. The van der Waals surface area contributed by atoms with Crippen LogP contribution in [-0.4, -0.2) is 23.2 Å². The summed E-state index contributed by atoms with van der Waals surface area (Å²) in [5, 5.41) is 9.92. The minimum absolute atomic E-state index is 0.0652. The Morgan fingerprint density at radius 3 is 2.68 bits per heavy atom. The van der Waals surface area contributed by atoms with Crippen LogP contribution >= 0.6 is 0 Å². The molecule has 0 saturated heterocycles. The van der Waals surface area contributed by atoms with Crippen LogP contribution in [0.4, 0.5) is 5.69 Å². The predicted molar refractivity (Wildman–Crippen MR) is 73.8 cm³/mol. The van der Waals surface area contributed by atoms with Crippen molar-refractivity contribution in [2.24, 2.45) is 0 Å². The van der Waals surface area contributed by atoms with Gasteiger partial charge < -0.3 is 15.6 Å². The number of nitrogens with two attached hydrogens (primary N) is 1. The van der Waals surface area contributed by atoms with Crippen molar-refractivity contribution in [1.29, 1.82) is 0 Å². The van der Waals surface area contributed by atoms with E-state index in [9.17, 15) is 9.90 Å². The molecule has 100 valence electrons. The predicted octanol–water partition coefficient (Wildman–Crippen LogP) is 2.39. The Morgan fingerprint density at radius 1 is 1.47 bits per heavy atom. The molecule has 0 atom stereocenters. The Hall–Kier alpha value is -2.30. The van der Waals surface area contributed by atoms with Crippen molar-refractivity contribution in [2.45, 2.75) is 20.3 Å². The number of methoxy groups -OCH3 is 1. The topological polar surface area (TPSA) is 85.4 Å². The van der Waals surface area contributed by atoms with Crippen LogP contribution in [0, 0.1) is 6.92 Å². The maximum Gasteiger partial charge on any atom is 0.339 e. The van der Waals surface area contributed by atoms with E-state index in [-0.39, 0.29) is 11.3 Å². The maximum absolute atomic E-state index is 11.3. The van der Waals surface area contributed by atoms with Crippen LogP contribution in [0.15, 0.2) is 12.1 Å². The van der Waals surface area contributed by atoms with E-state index in [0.29, 0.717) is 28.8 Å². The molecule has 2 rings (SSSR count). The highest BCUT2D eigenvalue weighted by Gasteiger charge is 2.19. The van der Waals surface area contributed by atoms with Crippen LogP contribution in [-0.2, 0) is 6.42 Å². The highest BCUT2D eigenvalue weighted by molar-refractivity contribution is 6.06. The highest BCUT2D eigenvalue weighted by atomic mass is 16.5. The second-order valence-corrected chi connectivity index (χ2v) is 4.29. The molecule has 19 heavy (non-hydrogen) atoms. The monoisotopic (exact) mass is 260 g/mol. The van der Waals surface area contributed by atoms with Crippen molar-refractivity contribution >= 4 is 22.6 Å². The summed E-state index contributed by atoms with van der Waals surface area (Å²) in [5.74, 6) is -0.363. The van der Waals surface area contributed by atoms with E-state index in [0.717, 1.165) is 5.56 Å². The van der Waals surface area contributed by atoms with Crippen LogP contribution in [0.25, 0.3) is 10.9 Å². The number of carbonyl (C=O) groups is 1. The fourth-order valence-electron chi connectivity index (χ4n) is 2.38. The first-order chi connectivity index (χ1) is 9.01. The van der Waals surface area contributed by atoms with E-state index < -0.39 is 5.97 Å². The molecule has 1 aromatic carbocycles. The first-order valence-corrected chi connectivity index (χ1v) is 6.00. The number of hydrogen-bond donors (Lipinski definition) is 2. The van der Waals surface area contributed by atoms with Gasteiger partial charge in [-0.1, -0.05) is 6.92 Å². The number of benzene rings is 1. The first-order valence-electron chi connectivity index (χ1n) is 6.00. The molecular formula is C14H16N2O3. The smallest absolute Gasteiger partial charge is 0.339 e. The average Bonchev–Trinajstić information content (AvgIpc) is 2.36. The number of aromatic carboxylic acids is 1. The molecule has 0 radical (unpaired) electrons. The molecule has 2 aromatic rings. The van der Waals surface area contributed by atoms with Crippen LogP contribution < -0.4 is 10.5 Å². The van der Waals surface area contributed by atoms with Gasteiger partial charge in [-0.25, -0.2) is 4.79 Å². The van der Waals surface area contributed by atoms with Gasteiger partial charge in [-0.05, 0) is 25.5 Å². The molecule has 0 amide bonds. The lowest BCUT2D eigenvalue weighted by Crippen LogP contribution is -2.09. The number of anilines is 1. The van der Waals surface area contributed by atoms with E-state index in [2.05, 4.69) is 4.98 Å². The van der Waals surface area contributed by atoms with Crippen molar-refractivity contribution in [1.82, 2.24) is 4.98 Å². The Labute approximate surface area is 111 Å². The molecule has 1 aromatic heterocycles. The van der Waals surface area contributed by atoms with E-state index in [1.807, 2.05) is 13.0 Å². The van der Waals surface area contributed by atoms with Crippen molar-refractivity contribution in [3.05, 3.63) is 29.0 Å². The number of hydrogen-bond acceptors (Lipinski definition) is 4. The lowest BCUT2D eigenvalue weighted by atomic mass is 9.99. The Balaban J connectivity index is 2.95. The number of rotatable bonds is 3. The molecule has 5 nitrogen and oxygen atoms in total. The summed E-state index contributed by atoms with van der Waals surface area (Å²) in [6.07, 6.45) is 0.689. The number of nitrogens with zero attached hydrogens (tertiary/aromatic N) is 1. The lowest BCUT2D eigenvalue weighted by Gasteiger charge is -2.14. The molecule has 0 aliphatic rings. The summed E-state index contributed by atoms with van der Waals surface area (Å²) in [7, 11) is 1.58. The molecule has 0 unspecified atom stereocenters. The van der Waals surface area contributed by atoms with Crippen LogP contribution in [0.2, 0.25) is 0 Å². The van der Waals surface area contributed by atoms with Gasteiger partial charge in [0.05, 0.1) is 24.0 Å². The van der Waals surface area contributed by atoms with E-state index in [4.69, 9.17) is 10.5 Å². The molecule has 0 aliphatic heterocycles. The Morgan fingerprint density at radius 2 is 2.16 bits per heavy atom. The third-order valence-corrected chi connectivity index (χ3v) is 3.22. The molecule has 3 N–H and O–H groups in total. The van der Waals surface area contributed by atoms with Gasteiger partial charge in [-0.2, -0.15) is 0 Å². The van der Waals surface area contributed by atoms with Gasteiger partial charge in [0.15, 0.2) is 0 Å². The normalized spacial score (nSPS) is 10.7. The summed E-state index contributed by atoms with van der Waals surface area (Å²) in [6, 6.07) is 3.62. The molecular weight excluding hydrogens is 244 g/mol. The van der Waals surface area contributed by atoms with Crippen molar-refractivity contribution in [3.8, 4) is 5.75 Å². The number of ether oxygens (including phenoxy) is 1. The third-order valence-electron chi connectivity index (χ3n) is 3.22. The van der Waals surface area contributed by atoms with E-state index >= 15 is 0 Å². The largest absolute Gasteiger partial charge is 0.496 e. The first kappa shape index (κ1) is 13.1. The van der Waals surface area contributed by atoms with Gasteiger partial charge in [-0.3, -0.25) is 4.98 Å². The standard InChI is InChI=1S/C14H16N2O3/c1-4-8-10(19-3)6-5-9-12(8)13(15)11(14(17)18)7(2)16-9/h5-6H,4H2,1-3H3,(H2,15,16)(H,17,18). The molecule has 5 heteroatoms. The zero-order valence-electron chi connectivity index (χ0n) is 11.2. The molecule has 1 heterocycles. The second-order valence-electron chi connectivity index (χ2n) is 4.29. The van der Waals surface area contributed by atoms with Gasteiger partial charge >= 0.3 is 5.97 Å². The third kappa shape index (κ3) is 1.97. The zero-order valence-corrected chi connectivity index (χ0v) is 11.2. The minimum Gasteiger partial charge on any atom is -0.496 e. The fourth-order valence-corrected chi connectivity index (χ4v) is 2.38. The molecule has 0 spiro atoms. The van der Waals surface area contributed by atoms with Crippen molar-refractivity contribution in [2.75, 3.05) is 12.8 Å². The molecule has 0 bridgehead atoms. The number of carboxylic acid groups (broad SMARTS) is 1. The summed E-state index contributed by atoms with van der Waals surface area (Å²) >= 11 is 0. The average molecular weight is 260 g/mol. The van der Waals surface area contributed by atoms with E-state index in [1.165, 1.54) is 0 Å². The lowest BCUT2D eigenvalue weighted by molar-refractivity contribution is 0.0697. The number of aryl methyl sites for hydroxylation is 2. The van der Waals surface area contributed by atoms with Crippen molar-refractivity contribution < 1.29 is 14.6 Å². The zero-order chi connectivity index (χ0) is 14.2. The van der Waals surface area contributed by atoms with Crippen LogP contribution in [0.5, 0.6) is 5.75 Å². The van der Waals surface area contributed by atoms with Crippen LogP contribution in [0.3, 0.4) is 0 Å². The van der Waals surface area contributed by atoms with Gasteiger partial charge in [-0.15, -0.1) is 0 Å². The summed E-state index contributed by atoms with van der Waals surface area (Å²) < 4.78 is 5.30. The number of nitrogen functional groups attached to an aromatic ring is 1. The summed E-state index contributed by atoms with van der Waals surface area (Å²) in [4.78, 5) is 15.6. The quantitative estimate of drug-likeness (QED) is 0.885. The number of carboxylic acids is 1. The summed E-state index contributed by atoms with van der Waals surface area (Å²) in [6.45, 7) is 3.62. The molecule has 0 fully saturated rings. The van der Waals surface area contributed by atoms with Gasteiger partial charge in [0, 0.05) is 10.9 Å². The van der Waals surface area contributed by atoms with Gasteiger partial charge in [0.1, 0.15) is 11.3 Å². The van der Waals surface area contributed by atoms with Gasteiger partial charge in [0.2, 0.25) is 0 Å². The minimum atomic E-state index is -1.06. The highest BCUT2D eigenvalue weighted by Crippen LogP contribution is 2.34. The van der Waals surface area contributed by atoms with Gasteiger partial charge in [0.25, 0.3) is 0 Å². The SMILES string of the molecule is CCc1c(OC)ccc2nc(C)c(C(=O)O)c(N)c12.